The van der Waals surface area contributed by atoms with Crippen LogP contribution in [0.4, 0.5) is 5.69 Å². The largest absolute Gasteiger partial charge is 0.496 e. The van der Waals surface area contributed by atoms with Crippen molar-refractivity contribution in [3.8, 4) is 17.2 Å². The van der Waals surface area contributed by atoms with Crippen molar-refractivity contribution in [1.29, 1.82) is 0 Å². The summed E-state index contributed by atoms with van der Waals surface area (Å²) in [6, 6.07) is 12.3. The summed E-state index contributed by atoms with van der Waals surface area (Å²) >= 11 is 0. The van der Waals surface area contributed by atoms with Crippen LogP contribution in [0.2, 0.25) is 0 Å². The Balaban J connectivity index is 2.01. The highest BCUT2D eigenvalue weighted by molar-refractivity contribution is 5.99. The topological polar surface area (TPSA) is 104 Å². The van der Waals surface area contributed by atoms with E-state index in [1.165, 1.54) is 7.11 Å². The SMILES string of the molecule is CCOc1ccc(OCC)c(NC(=O)CO/N=C(/N)c2ccccc2OC)c1. The molecule has 0 fully saturated rings. The molecule has 0 heterocycles. The van der Waals surface area contributed by atoms with Gasteiger partial charge in [0, 0.05) is 6.07 Å². The second-order valence-electron chi connectivity index (χ2n) is 5.52. The van der Waals surface area contributed by atoms with E-state index in [2.05, 4.69) is 10.5 Å². The maximum absolute atomic E-state index is 12.2. The fraction of sp³-hybridized carbons (Fsp3) is 0.300. The molecule has 0 saturated carbocycles. The number of carbonyl (C=O) groups is 1. The van der Waals surface area contributed by atoms with E-state index >= 15 is 0 Å². The molecule has 8 heteroatoms. The quantitative estimate of drug-likeness (QED) is 0.369. The average Bonchev–Trinajstić information content (AvgIpc) is 2.70. The van der Waals surface area contributed by atoms with Crippen LogP contribution < -0.4 is 25.3 Å². The average molecular weight is 387 g/mol. The number of nitrogens with one attached hydrogen (secondary N) is 1. The van der Waals surface area contributed by atoms with Gasteiger partial charge in [-0.1, -0.05) is 17.3 Å². The molecule has 0 bridgehead atoms. The van der Waals surface area contributed by atoms with Crippen molar-refractivity contribution in [2.45, 2.75) is 13.8 Å². The molecule has 2 aromatic rings. The van der Waals surface area contributed by atoms with Gasteiger partial charge in [-0.25, -0.2) is 0 Å². The van der Waals surface area contributed by atoms with Gasteiger partial charge >= 0.3 is 0 Å². The molecule has 150 valence electrons. The van der Waals surface area contributed by atoms with Crippen molar-refractivity contribution in [2.75, 3.05) is 32.2 Å². The predicted octanol–water partition coefficient (Wildman–Crippen LogP) is 2.77. The number of para-hydroxylation sites is 1. The summed E-state index contributed by atoms with van der Waals surface area (Å²) in [5.41, 5.74) is 6.97. The lowest BCUT2D eigenvalue weighted by Gasteiger charge is -2.13. The Morgan fingerprint density at radius 3 is 2.54 bits per heavy atom. The zero-order chi connectivity index (χ0) is 20.4. The monoisotopic (exact) mass is 387 g/mol. The van der Waals surface area contributed by atoms with Gasteiger partial charge in [-0.15, -0.1) is 0 Å². The number of methoxy groups -OCH3 is 1. The highest BCUT2D eigenvalue weighted by atomic mass is 16.6. The fourth-order valence-electron chi connectivity index (χ4n) is 2.40. The van der Waals surface area contributed by atoms with Gasteiger partial charge in [0.2, 0.25) is 0 Å². The highest BCUT2D eigenvalue weighted by Crippen LogP contribution is 2.29. The van der Waals surface area contributed by atoms with E-state index in [4.69, 9.17) is 24.8 Å². The molecule has 8 nitrogen and oxygen atoms in total. The maximum Gasteiger partial charge on any atom is 0.265 e. The van der Waals surface area contributed by atoms with Gasteiger partial charge in [0.1, 0.15) is 17.2 Å². The molecule has 28 heavy (non-hydrogen) atoms. The molecule has 0 saturated heterocycles. The van der Waals surface area contributed by atoms with Crippen LogP contribution in [0.3, 0.4) is 0 Å². The van der Waals surface area contributed by atoms with Gasteiger partial charge in [-0.2, -0.15) is 0 Å². The third kappa shape index (κ3) is 5.80. The van der Waals surface area contributed by atoms with Crippen LogP contribution in [0.1, 0.15) is 19.4 Å². The van der Waals surface area contributed by atoms with Crippen LogP contribution in [0.15, 0.2) is 47.6 Å². The molecule has 0 aromatic heterocycles. The van der Waals surface area contributed by atoms with Crippen molar-refractivity contribution < 1.29 is 23.8 Å². The number of oxime groups is 1. The van der Waals surface area contributed by atoms with Gasteiger partial charge in [0.05, 0.1) is 31.6 Å². The van der Waals surface area contributed by atoms with Crippen LogP contribution in [0.5, 0.6) is 17.2 Å². The molecule has 0 radical (unpaired) electrons. The summed E-state index contributed by atoms with van der Waals surface area (Å²) < 4.78 is 16.2. The third-order valence-corrected chi connectivity index (χ3v) is 3.58. The molecule has 2 aromatic carbocycles. The van der Waals surface area contributed by atoms with Crippen molar-refractivity contribution in [3.05, 3.63) is 48.0 Å². The molecule has 0 atom stereocenters. The number of amides is 1. The van der Waals surface area contributed by atoms with Gasteiger partial charge in [0.15, 0.2) is 12.4 Å². The molecule has 2 rings (SSSR count). The minimum absolute atomic E-state index is 0.110. The molecule has 1 amide bonds. The number of hydrogen-bond donors (Lipinski definition) is 2. The first-order chi connectivity index (χ1) is 13.6. The molecule has 0 unspecified atom stereocenters. The minimum atomic E-state index is -0.411. The normalized spacial score (nSPS) is 10.9. The molecule has 3 N–H and O–H groups in total. The number of rotatable bonds is 10. The molecule has 0 aliphatic heterocycles. The van der Waals surface area contributed by atoms with E-state index in [0.29, 0.717) is 41.7 Å². The zero-order valence-corrected chi connectivity index (χ0v) is 16.2. The first-order valence-electron chi connectivity index (χ1n) is 8.87. The van der Waals surface area contributed by atoms with Crippen LogP contribution in [0.25, 0.3) is 0 Å². The van der Waals surface area contributed by atoms with E-state index in [9.17, 15) is 4.79 Å². The predicted molar refractivity (Wildman–Crippen MR) is 107 cm³/mol. The molecule has 0 aliphatic carbocycles. The number of benzene rings is 2. The van der Waals surface area contributed by atoms with Gasteiger partial charge in [-0.05, 0) is 38.1 Å². The van der Waals surface area contributed by atoms with Crippen molar-refractivity contribution in [3.63, 3.8) is 0 Å². The number of carbonyl (C=O) groups excluding carboxylic acids is 1. The first kappa shape index (κ1) is 20.9. The summed E-state index contributed by atoms with van der Waals surface area (Å²) in [5, 5.41) is 6.51. The van der Waals surface area contributed by atoms with E-state index < -0.39 is 5.91 Å². The van der Waals surface area contributed by atoms with Crippen LogP contribution in [-0.4, -0.2) is 38.7 Å². The van der Waals surface area contributed by atoms with Crippen LogP contribution >= 0.6 is 0 Å². The summed E-state index contributed by atoms with van der Waals surface area (Å²) in [7, 11) is 1.53. The standard InChI is InChI=1S/C20H25N3O5/c1-4-26-14-10-11-18(27-5-2)16(12-14)22-19(24)13-28-23-20(21)15-8-6-7-9-17(15)25-3/h6-12H,4-5,13H2,1-3H3,(H2,21,23)(H,22,24). The Labute approximate surface area is 164 Å². The lowest BCUT2D eigenvalue weighted by Crippen LogP contribution is -2.20. The lowest BCUT2D eigenvalue weighted by atomic mass is 10.2. The van der Waals surface area contributed by atoms with Crippen molar-refractivity contribution >= 4 is 17.4 Å². The van der Waals surface area contributed by atoms with E-state index in [-0.39, 0.29) is 12.4 Å². The summed E-state index contributed by atoms with van der Waals surface area (Å²) in [6.07, 6.45) is 0. The summed E-state index contributed by atoms with van der Waals surface area (Å²) in [4.78, 5) is 17.3. The van der Waals surface area contributed by atoms with Crippen molar-refractivity contribution in [1.82, 2.24) is 0 Å². The Hall–Kier alpha value is -3.42. The number of nitrogens with two attached hydrogens (primary N) is 1. The van der Waals surface area contributed by atoms with Gasteiger partial charge in [-0.3, -0.25) is 4.79 Å². The van der Waals surface area contributed by atoms with Gasteiger partial charge < -0.3 is 30.1 Å². The second-order valence-corrected chi connectivity index (χ2v) is 5.52. The highest BCUT2D eigenvalue weighted by Gasteiger charge is 2.11. The van der Waals surface area contributed by atoms with Gasteiger partial charge in [0.25, 0.3) is 5.91 Å². The fourth-order valence-corrected chi connectivity index (χ4v) is 2.40. The zero-order valence-electron chi connectivity index (χ0n) is 16.2. The van der Waals surface area contributed by atoms with E-state index in [1.54, 1.807) is 36.4 Å². The number of nitrogens with zero attached hydrogens (tertiary/aromatic N) is 1. The Kier molecular flexibility index (Phi) is 7.95. The first-order valence-corrected chi connectivity index (χ1v) is 8.87. The Morgan fingerprint density at radius 1 is 1.07 bits per heavy atom. The summed E-state index contributed by atoms with van der Waals surface area (Å²) in [6.45, 7) is 4.40. The lowest BCUT2D eigenvalue weighted by molar-refractivity contribution is -0.120. The smallest absolute Gasteiger partial charge is 0.265 e. The second kappa shape index (κ2) is 10.7. The van der Waals surface area contributed by atoms with E-state index in [1.807, 2.05) is 19.9 Å². The maximum atomic E-state index is 12.2. The minimum Gasteiger partial charge on any atom is -0.496 e. The van der Waals surface area contributed by atoms with E-state index in [0.717, 1.165) is 0 Å². The third-order valence-electron chi connectivity index (χ3n) is 3.58. The van der Waals surface area contributed by atoms with Crippen molar-refractivity contribution in [2.24, 2.45) is 10.9 Å². The molecule has 0 aliphatic rings. The number of hydrogen-bond acceptors (Lipinski definition) is 6. The summed E-state index contributed by atoms with van der Waals surface area (Å²) in [5.74, 6) is 1.42. The Morgan fingerprint density at radius 2 is 1.82 bits per heavy atom. The molecular weight excluding hydrogens is 362 g/mol. The van der Waals surface area contributed by atoms with Crippen LogP contribution in [-0.2, 0) is 9.63 Å². The number of anilines is 1. The Bertz CT molecular complexity index is 823. The molecular formula is C20H25N3O5. The van der Waals surface area contributed by atoms with Crippen LogP contribution in [0, 0.1) is 0 Å². The molecule has 0 spiro atoms. The number of ether oxygens (including phenoxy) is 3. The number of amidine groups is 1.